The van der Waals surface area contributed by atoms with E-state index in [-0.39, 0.29) is 0 Å². The van der Waals surface area contributed by atoms with Crippen molar-refractivity contribution < 1.29 is 0 Å². The van der Waals surface area contributed by atoms with Gasteiger partial charge >= 0.3 is 0 Å². The van der Waals surface area contributed by atoms with E-state index in [1.807, 2.05) is 0 Å². The number of rotatable bonds is 3. The topological polar surface area (TPSA) is 32.5 Å². The van der Waals surface area contributed by atoms with Crippen LogP contribution in [0, 0.1) is 0 Å². The maximum atomic E-state index is 6.12. The normalized spacial score (nSPS) is 31.6. The molecule has 0 unspecified atom stereocenters. The minimum Gasteiger partial charge on any atom is -0.329 e. The summed E-state index contributed by atoms with van der Waals surface area (Å²) in [6.45, 7) is 5.96. The predicted molar refractivity (Wildman–Crippen MR) is 71.0 cm³/mol. The van der Waals surface area contributed by atoms with E-state index in [2.05, 4.69) is 9.80 Å². The molecule has 17 heavy (non-hydrogen) atoms. The van der Waals surface area contributed by atoms with Crippen LogP contribution in [0.3, 0.4) is 0 Å². The lowest BCUT2D eigenvalue weighted by Crippen LogP contribution is -2.61. The third-order valence-corrected chi connectivity index (χ3v) is 5.21. The van der Waals surface area contributed by atoms with E-state index in [1.54, 1.807) is 0 Å². The van der Waals surface area contributed by atoms with E-state index < -0.39 is 0 Å². The first-order valence-corrected chi connectivity index (χ1v) is 7.53. The standard InChI is InChI=1S/C14H27N3/c15-12-14(6-2-1-3-7-14)17-10-8-16(9-11-17)13-4-5-13/h13H,1-12,15H2. The minimum atomic E-state index is 0.369. The lowest BCUT2D eigenvalue weighted by Gasteiger charge is -2.49. The molecule has 98 valence electrons. The Kier molecular flexibility index (Phi) is 3.42. The molecule has 3 heteroatoms. The number of nitrogens with two attached hydrogens (primary N) is 1. The average molecular weight is 237 g/mol. The van der Waals surface area contributed by atoms with Crippen molar-refractivity contribution in [3.05, 3.63) is 0 Å². The van der Waals surface area contributed by atoms with Gasteiger partial charge in [-0.15, -0.1) is 0 Å². The van der Waals surface area contributed by atoms with Gasteiger partial charge in [-0.05, 0) is 25.7 Å². The molecule has 0 aromatic rings. The van der Waals surface area contributed by atoms with Crippen molar-refractivity contribution >= 4 is 0 Å². The van der Waals surface area contributed by atoms with E-state index in [1.165, 1.54) is 71.1 Å². The number of hydrogen-bond donors (Lipinski definition) is 1. The van der Waals surface area contributed by atoms with Gasteiger partial charge in [0, 0.05) is 44.3 Å². The first-order chi connectivity index (χ1) is 8.34. The second kappa shape index (κ2) is 4.87. The number of piperazine rings is 1. The fourth-order valence-electron chi connectivity index (χ4n) is 3.86. The van der Waals surface area contributed by atoms with Crippen LogP contribution in [-0.2, 0) is 0 Å². The summed E-state index contributed by atoms with van der Waals surface area (Å²) in [6, 6.07) is 0.942. The quantitative estimate of drug-likeness (QED) is 0.806. The smallest absolute Gasteiger partial charge is 0.0332 e. The lowest BCUT2D eigenvalue weighted by molar-refractivity contribution is 0.0108. The summed E-state index contributed by atoms with van der Waals surface area (Å²) in [7, 11) is 0. The Hall–Kier alpha value is -0.120. The first-order valence-electron chi connectivity index (χ1n) is 7.53. The molecule has 0 atom stereocenters. The lowest BCUT2D eigenvalue weighted by atomic mass is 9.80. The van der Waals surface area contributed by atoms with Crippen LogP contribution in [0.4, 0.5) is 0 Å². The van der Waals surface area contributed by atoms with E-state index >= 15 is 0 Å². The largest absolute Gasteiger partial charge is 0.329 e. The highest BCUT2D eigenvalue weighted by Gasteiger charge is 2.40. The molecular formula is C14H27N3. The van der Waals surface area contributed by atoms with Crippen molar-refractivity contribution in [3.63, 3.8) is 0 Å². The Morgan fingerprint density at radius 3 is 2.12 bits per heavy atom. The van der Waals surface area contributed by atoms with Crippen molar-refractivity contribution in [1.29, 1.82) is 0 Å². The fourth-order valence-corrected chi connectivity index (χ4v) is 3.86. The Bertz CT molecular complexity index is 248. The van der Waals surface area contributed by atoms with Crippen molar-refractivity contribution in [2.24, 2.45) is 5.73 Å². The summed E-state index contributed by atoms with van der Waals surface area (Å²) < 4.78 is 0. The summed E-state index contributed by atoms with van der Waals surface area (Å²) in [6.07, 6.45) is 9.77. The zero-order valence-electron chi connectivity index (χ0n) is 11.0. The van der Waals surface area contributed by atoms with Gasteiger partial charge in [0.15, 0.2) is 0 Å². The van der Waals surface area contributed by atoms with Gasteiger partial charge in [-0.25, -0.2) is 0 Å². The van der Waals surface area contributed by atoms with Gasteiger partial charge in [-0.1, -0.05) is 19.3 Å². The van der Waals surface area contributed by atoms with Crippen molar-refractivity contribution in [2.75, 3.05) is 32.7 Å². The summed E-state index contributed by atoms with van der Waals surface area (Å²) in [4.78, 5) is 5.43. The third-order valence-electron chi connectivity index (χ3n) is 5.21. The number of nitrogens with zero attached hydrogens (tertiary/aromatic N) is 2. The van der Waals surface area contributed by atoms with Crippen LogP contribution < -0.4 is 5.73 Å². The van der Waals surface area contributed by atoms with Crippen molar-refractivity contribution in [1.82, 2.24) is 9.80 Å². The fraction of sp³-hybridized carbons (Fsp3) is 1.00. The second-order valence-electron chi connectivity index (χ2n) is 6.24. The molecule has 3 aliphatic rings. The summed E-state index contributed by atoms with van der Waals surface area (Å²) in [5.74, 6) is 0. The molecule has 1 aliphatic heterocycles. The molecule has 2 aliphatic carbocycles. The minimum absolute atomic E-state index is 0.369. The molecule has 0 aromatic heterocycles. The maximum absolute atomic E-state index is 6.12. The van der Waals surface area contributed by atoms with Gasteiger partial charge in [0.2, 0.25) is 0 Å². The van der Waals surface area contributed by atoms with Gasteiger partial charge in [-0.2, -0.15) is 0 Å². The molecule has 0 bridgehead atoms. The molecule has 0 amide bonds. The molecular weight excluding hydrogens is 210 g/mol. The van der Waals surface area contributed by atoms with Crippen LogP contribution in [0.25, 0.3) is 0 Å². The molecule has 0 aromatic carbocycles. The Morgan fingerprint density at radius 2 is 1.59 bits per heavy atom. The molecule has 2 saturated carbocycles. The van der Waals surface area contributed by atoms with E-state index in [0.29, 0.717) is 5.54 Å². The van der Waals surface area contributed by atoms with Gasteiger partial charge in [0.05, 0.1) is 0 Å². The monoisotopic (exact) mass is 237 g/mol. The third kappa shape index (κ3) is 2.38. The first kappa shape index (κ1) is 11.9. The van der Waals surface area contributed by atoms with E-state index in [9.17, 15) is 0 Å². The molecule has 1 saturated heterocycles. The van der Waals surface area contributed by atoms with Gasteiger partial charge < -0.3 is 5.73 Å². The Morgan fingerprint density at radius 1 is 0.941 bits per heavy atom. The average Bonchev–Trinajstić information content (AvgIpc) is 3.24. The molecule has 3 nitrogen and oxygen atoms in total. The predicted octanol–water partition coefficient (Wildman–Crippen LogP) is 1.43. The van der Waals surface area contributed by atoms with Crippen LogP contribution in [-0.4, -0.2) is 54.1 Å². The van der Waals surface area contributed by atoms with E-state index in [4.69, 9.17) is 5.73 Å². The van der Waals surface area contributed by atoms with Crippen molar-refractivity contribution in [3.8, 4) is 0 Å². The molecule has 1 heterocycles. The Balaban J connectivity index is 1.59. The molecule has 3 fully saturated rings. The molecule has 0 spiro atoms. The number of hydrogen-bond acceptors (Lipinski definition) is 3. The summed E-state index contributed by atoms with van der Waals surface area (Å²) in [5, 5.41) is 0. The highest BCUT2D eigenvalue weighted by molar-refractivity contribution is 4.97. The van der Waals surface area contributed by atoms with Gasteiger partial charge in [0.25, 0.3) is 0 Å². The molecule has 2 N–H and O–H groups in total. The van der Waals surface area contributed by atoms with Crippen LogP contribution in [0.5, 0.6) is 0 Å². The molecule has 0 radical (unpaired) electrons. The zero-order valence-corrected chi connectivity index (χ0v) is 11.0. The van der Waals surface area contributed by atoms with Gasteiger partial charge in [-0.3, -0.25) is 9.80 Å². The zero-order chi connectivity index (χ0) is 11.7. The summed E-state index contributed by atoms with van der Waals surface area (Å²) in [5.41, 5.74) is 6.49. The maximum Gasteiger partial charge on any atom is 0.0332 e. The van der Waals surface area contributed by atoms with Crippen molar-refractivity contribution in [2.45, 2.75) is 56.5 Å². The second-order valence-corrected chi connectivity index (χ2v) is 6.24. The highest BCUT2D eigenvalue weighted by Crippen LogP contribution is 2.35. The highest BCUT2D eigenvalue weighted by atomic mass is 15.3. The van der Waals surface area contributed by atoms with Crippen LogP contribution in [0.1, 0.15) is 44.9 Å². The molecule has 3 rings (SSSR count). The Labute approximate surface area is 105 Å². The summed E-state index contributed by atoms with van der Waals surface area (Å²) >= 11 is 0. The van der Waals surface area contributed by atoms with Crippen LogP contribution >= 0.6 is 0 Å². The van der Waals surface area contributed by atoms with Gasteiger partial charge in [0.1, 0.15) is 0 Å². The van der Waals surface area contributed by atoms with Crippen LogP contribution in [0.2, 0.25) is 0 Å². The van der Waals surface area contributed by atoms with Crippen LogP contribution in [0.15, 0.2) is 0 Å². The van der Waals surface area contributed by atoms with E-state index in [0.717, 1.165) is 12.6 Å². The SMILES string of the molecule is NCC1(N2CCN(C3CC3)CC2)CCCCC1.